The van der Waals surface area contributed by atoms with E-state index in [1.165, 1.54) is 18.3 Å². The fourth-order valence-electron chi connectivity index (χ4n) is 3.36. The van der Waals surface area contributed by atoms with E-state index in [0.717, 1.165) is 22.4 Å². The van der Waals surface area contributed by atoms with Gasteiger partial charge in [-0.15, -0.1) is 0 Å². The number of nitrogens with one attached hydrogen (secondary N) is 1. The topological polar surface area (TPSA) is 108 Å². The van der Waals surface area contributed by atoms with Crippen LogP contribution >= 0.6 is 0 Å². The molecule has 7 heteroatoms. The number of hydrogen-bond acceptors (Lipinski definition) is 6. The standard InChI is InChI=1S/C26H20N2O5/c1-16-5-4-7-18(13-16)26(32)33-24-12-9-17-6-2-3-8-20(17)22(24)15-27-28-25(31)21-11-10-19(29)14-23(21)30/h2-15,29-30H,1H3,(H,28,31)/b27-15-. The van der Waals surface area contributed by atoms with Crippen molar-refractivity contribution in [3.8, 4) is 17.2 Å². The molecule has 0 aliphatic rings. The fraction of sp³-hybridized carbons (Fsp3) is 0.0385. The summed E-state index contributed by atoms with van der Waals surface area (Å²) in [5.74, 6) is -1.43. The summed E-state index contributed by atoms with van der Waals surface area (Å²) in [5.41, 5.74) is 4.15. The van der Waals surface area contributed by atoms with Gasteiger partial charge in [-0.1, -0.05) is 48.0 Å². The van der Waals surface area contributed by atoms with E-state index in [1.54, 1.807) is 24.3 Å². The van der Waals surface area contributed by atoms with Gasteiger partial charge in [-0.3, -0.25) is 4.79 Å². The number of esters is 1. The predicted molar refractivity (Wildman–Crippen MR) is 125 cm³/mol. The van der Waals surface area contributed by atoms with Crippen LogP contribution in [0, 0.1) is 6.92 Å². The maximum absolute atomic E-state index is 12.7. The van der Waals surface area contributed by atoms with Gasteiger partial charge in [0.2, 0.25) is 0 Å². The number of carbonyl (C=O) groups excluding carboxylic acids is 2. The minimum absolute atomic E-state index is 0.0473. The molecule has 0 bridgehead atoms. The Balaban J connectivity index is 1.63. The van der Waals surface area contributed by atoms with Crippen molar-refractivity contribution in [3.63, 3.8) is 0 Å². The molecule has 1 amide bonds. The number of aromatic hydroxyl groups is 2. The molecule has 0 unspecified atom stereocenters. The zero-order chi connectivity index (χ0) is 23.4. The number of rotatable bonds is 5. The molecule has 7 nitrogen and oxygen atoms in total. The lowest BCUT2D eigenvalue weighted by Gasteiger charge is -2.11. The van der Waals surface area contributed by atoms with E-state index in [0.29, 0.717) is 11.1 Å². The molecule has 0 aromatic heterocycles. The van der Waals surface area contributed by atoms with Crippen molar-refractivity contribution in [3.05, 3.63) is 101 Å². The number of hydrogen-bond donors (Lipinski definition) is 3. The molecule has 0 aliphatic carbocycles. The number of phenols is 2. The number of nitrogens with zero attached hydrogens (tertiary/aromatic N) is 1. The maximum Gasteiger partial charge on any atom is 0.343 e. The molecule has 4 aromatic rings. The van der Waals surface area contributed by atoms with Gasteiger partial charge in [0.25, 0.3) is 5.91 Å². The second-order valence-corrected chi connectivity index (χ2v) is 7.36. The first-order valence-corrected chi connectivity index (χ1v) is 10.1. The van der Waals surface area contributed by atoms with E-state index < -0.39 is 11.9 Å². The molecule has 0 saturated heterocycles. The molecule has 164 valence electrons. The lowest BCUT2D eigenvalue weighted by atomic mass is 10.0. The summed E-state index contributed by atoms with van der Waals surface area (Å²) in [6.45, 7) is 1.89. The third-order valence-corrected chi connectivity index (χ3v) is 4.97. The summed E-state index contributed by atoms with van der Waals surface area (Å²) >= 11 is 0. The number of phenolic OH excluding ortho intramolecular Hbond substituents is 2. The molecule has 4 aromatic carbocycles. The smallest absolute Gasteiger partial charge is 0.343 e. The number of benzene rings is 4. The van der Waals surface area contributed by atoms with Gasteiger partial charge < -0.3 is 14.9 Å². The molecule has 0 aliphatic heterocycles. The Hall–Kier alpha value is -4.65. The number of hydrazone groups is 1. The summed E-state index contributed by atoms with van der Waals surface area (Å²) in [6.07, 6.45) is 1.39. The number of amides is 1. The van der Waals surface area contributed by atoms with Gasteiger partial charge in [0.1, 0.15) is 17.2 Å². The zero-order valence-electron chi connectivity index (χ0n) is 17.6. The summed E-state index contributed by atoms with van der Waals surface area (Å²) in [6, 6.07) is 21.7. The average molecular weight is 440 g/mol. The Morgan fingerprint density at radius 3 is 2.55 bits per heavy atom. The highest BCUT2D eigenvalue weighted by Crippen LogP contribution is 2.28. The molecule has 4 rings (SSSR count). The summed E-state index contributed by atoms with van der Waals surface area (Å²) in [5, 5.41) is 24.9. The van der Waals surface area contributed by atoms with Crippen LogP contribution in [0.15, 0.2) is 84.0 Å². The van der Waals surface area contributed by atoms with Gasteiger partial charge in [0.15, 0.2) is 0 Å². The van der Waals surface area contributed by atoms with Crippen LogP contribution in [0.5, 0.6) is 17.2 Å². The van der Waals surface area contributed by atoms with E-state index in [2.05, 4.69) is 10.5 Å². The van der Waals surface area contributed by atoms with Crippen LogP contribution in [0.4, 0.5) is 0 Å². The van der Waals surface area contributed by atoms with Gasteiger partial charge in [-0.25, -0.2) is 10.2 Å². The Morgan fingerprint density at radius 2 is 1.76 bits per heavy atom. The maximum atomic E-state index is 12.7. The van der Waals surface area contributed by atoms with E-state index in [4.69, 9.17) is 4.74 Å². The van der Waals surface area contributed by atoms with Crippen LogP contribution in [0.3, 0.4) is 0 Å². The second-order valence-electron chi connectivity index (χ2n) is 7.36. The van der Waals surface area contributed by atoms with Crippen molar-refractivity contribution >= 4 is 28.9 Å². The van der Waals surface area contributed by atoms with E-state index in [-0.39, 0.29) is 22.8 Å². The summed E-state index contributed by atoms with van der Waals surface area (Å²) < 4.78 is 5.66. The van der Waals surface area contributed by atoms with Crippen LogP contribution < -0.4 is 10.2 Å². The first kappa shape index (κ1) is 21.6. The number of aryl methyl sites for hydroxylation is 1. The Kier molecular flexibility index (Phi) is 6.04. The lowest BCUT2D eigenvalue weighted by molar-refractivity contribution is 0.0734. The van der Waals surface area contributed by atoms with Crippen LogP contribution in [0.25, 0.3) is 10.8 Å². The third-order valence-electron chi connectivity index (χ3n) is 4.97. The summed E-state index contributed by atoms with van der Waals surface area (Å²) in [4.78, 5) is 25.1. The molecule has 0 heterocycles. The Bertz CT molecular complexity index is 1390. The largest absolute Gasteiger partial charge is 0.508 e. The van der Waals surface area contributed by atoms with Gasteiger partial charge in [0.05, 0.1) is 17.3 Å². The van der Waals surface area contributed by atoms with Crippen molar-refractivity contribution in [1.29, 1.82) is 0 Å². The SMILES string of the molecule is Cc1cccc(C(=O)Oc2ccc3ccccc3c2/C=N\NC(=O)c2ccc(O)cc2O)c1. The number of fused-ring (bicyclic) bond motifs is 1. The fourth-order valence-corrected chi connectivity index (χ4v) is 3.36. The first-order chi connectivity index (χ1) is 15.9. The molecule has 0 saturated carbocycles. The summed E-state index contributed by atoms with van der Waals surface area (Å²) in [7, 11) is 0. The van der Waals surface area contributed by atoms with Crippen molar-refractivity contribution in [2.24, 2.45) is 5.10 Å². The highest BCUT2D eigenvalue weighted by molar-refractivity contribution is 6.04. The van der Waals surface area contributed by atoms with Gasteiger partial charge in [-0.2, -0.15) is 5.10 Å². The minimum Gasteiger partial charge on any atom is -0.508 e. The minimum atomic E-state index is -0.665. The van der Waals surface area contributed by atoms with Crippen molar-refractivity contribution in [2.75, 3.05) is 0 Å². The predicted octanol–water partition coefficient (Wildman–Crippen LogP) is 4.54. The van der Waals surface area contributed by atoms with Crippen molar-refractivity contribution in [2.45, 2.75) is 6.92 Å². The van der Waals surface area contributed by atoms with Crippen molar-refractivity contribution in [1.82, 2.24) is 5.43 Å². The molecular weight excluding hydrogens is 420 g/mol. The van der Waals surface area contributed by atoms with E-state index in [1.807, 2.05) is 43.3 Å². The van der Waals surface area contributed by atoms with Crippen LogP contribution in [0.2, 0.25) is 0 Å². The highest BCUT2D eigenvalue weighted by Gasteiger charge is 2.14. The first-order valence-electron chi connectivity index (χ1n) is 10.1. The van der Waals surface area contributed by atoms with Crippen LogP contribution in [-0.4, -0.2) is 28.3 Å². The normalized spacial score (nSPS) is 10.9. The van der Waals surface area contributed by atoms with Gasteiger partial charge in [0, 0.05) is 11.6 Å². The lowest BCUT2D eigenvalue weighted by Crippen LogP contribution is -2.18. The molecule has 0 radical (unpaired) electrons. The zero-order valence-corrected chi connectivity index (χ0v) is 17.6. The number of carbonyl (C=O) groups is 2. The van der Waals surface area contributed by atoms with E-state index in [9.17, 15) is 19.8 Å². The Morgan fingerprint density at radius 1 is 0.939 bits per heavy atom. The average Bonchev–Trinajstić information content (AvgIpc) is 2.80. The molecule has 33 heavy (non-hydrogen) atoms. The molecule has 0 atom stereocenters. The molecule has 0 fully saturated rings. The van der Waals surface area contributed by atoms with Crippen molar-refractivity contribution < 1.29 is 24.5 Å². The monoisotopic (exact) mass is 440 g/mol. The number of ether oxygens (including phenoxy) is 1. The van der Waals surface area contributed by atoms with Gasteiger partial charge >= 0.3 is 5.97 Å². The van der Waals surface area contributed by atoms with Crippen LogP contribution in [-0.2, 0) is 0 Å². The quantitative estimate of drug-likeness (QED) is 0.183. The molecular formula is C26H20N2O5. The van der Waals surface area contributed by atoms with E-state index >= 15 is 0 Å². The highest BCUT2D eigenvalue weighted by atomic mass is 16.5. The Labute approximate surface area is 189 Å². The second kappa shape index (κ2) is 9.23. The third kappa shape index (κ3) is 4.83. The molecule has 3 N–H and O–H groups in total. The van der Waals surface area contributed by atoms with Crippen LogP contribution in [0.1, 0.15) is 31.8 Å². The molecule has 0 spiro atoms. The van der Waals surface area contributed by atoms with Gasteiger partial charge in [-0.05, 0) is 48.0 Å².